The fourth-order valence-corrected chi connectivity index (χ4v) is 4.39. The first-order valence-electron chi connectivity index (χ1n) is 9.88. The highest BCUT2D eigenvalue weighted by molar-refractivity contribution is 7.92. The van der Waals surface area contributed by atoms with Gasteiger partial charge in [-0.1, -0.05) is 13.0 Å². The van der Waals surface area contributed by atoms with Gasteiger partial charge < -0.3 is 5.32 Å². The van der Waals surface area contributed by atoms with Crippen LogP contribution in [0.4, 0.5) is 30.4 Å². The third-order valence-corrected chi connectivity index (χ3v) is 6.22. The fourth-order valence-electron chi connectivity index (χ4n) is 3.26. The number of fused-ring (bicyclic) bond motifs is 1. The molecule has 2 aromatic heterocycles. The number of nitrogens with one attached hydrogen (secondary N) is 2. The van der Waals surface area contributed by atoms with Crippen LogP contribution >= 0.6 is 0 Å². The Labute approximate surface area is 187 Å². The topological polar surface area (TPSA) is 96.9 Å². The number of sulfonamides is 1. The van der Waals surface area contributed by atoms with E-state index in [9.17, 15) is 17.2 Å². The van der Waals surface area contributed by atoms with E-state index >= 15 is 4.39 Å². The third-order valence-electron chi connectivity index (χ3n) is 4.75. The number of benzene rings is 2. The molecule has 4 aromatic rings. The van der Waals surface area contributed by atoms with Crippen LogP contribution in [0.15, 0.2) is 55.1 Å². The van der Waals surface area contributed by atoms with Crippen LogP contribution in [0.1, 0.15) is 13.3 Å². The van der Waals surface area contributed by atoms with Gasteiger partial charge >= 0.3 is 0 Å². The van der Waals surface area contributed by atoms with Gasteiger partial charge in [-0.3, -0.25) is 9.71 Å². The van der Waals surface area contributed by atoms with Gasteiger partial charge in [-0.05, 0) is 42.3 Å². The average Bonchev–Trinajstić information content (AvgIpc) is 2.78. The molecular formula is C22H18F3N5O2S. The zero-order valence-corrected chi connectivity index (χ0v) is 18.1. The van der Waals surface area contributed by atoms with Crippen LogP contribution in [0.5, 0.6) is 0 Å². The van der Waals surface area contributed by atoms with Gasteiger partial charge in [0.2, 0.25) is 10.0 Å². The number of rotatable bonds is 7. The second kappa shape index (κ2) is 9.02. The summed E-state index contributed by atoms with van der Waals surface area (Å²) in [5.74, 6) is -2.70. The Hall–Kier alpha value is -3.73. The molecule has 0 saturated heterocycles. The van der Waals surface area contributed by atoms with Gasteiger partial charge in [0.25, 0.3) is 0 Å². The van der Waals surface area contributed by atoms with Gasteiger partial charge in [0, 0.05) is 17.1 Å². The van der Waals surface area contributed by atoms with E-state index in [4.69, 9.17) is 0 Å². The van der Waals surface area contributed by atoms with Crippen LogP contribution in [-0.2, 0) is 10.0 Å². The van der Waals surface area contributed by atoms with Crippen molar-refractivity contribution < 1.29 is 21.6 Å². The Balaban J connectivity index is 1.76. The molecule has 0 radical (unpaired) electrons. The number of hydrogen-bond donors (Lipinski definition) is 2. The van der Waals surface area contributed by atoms with Gasteiger partial charge in [-0.25, -0.2) is 31.6 Å². The molecule has 0 unspecified atom stereocenters. The maximum Gasteiger partial charge on any atom is 0.232 e. The van der Waals surface area contributed by atoms with E-state index in [-0.39, 0.29) is 11.6 Å². The molecular weight excluding hydrogens is 455 g/mol. The van der Waals surface area contributed by atoms with Crippen LogP contribution < -0.4 is 10.0 Å². The van der Waals surface area contributed by atoms with Crippen molar-refractivity contribution in [2.24, 2.45) is 0 Å². The summed E-state index contributed by atoms with van der Waals surface area (Å²) in [6, 6.07) is 8.26. The predicted octanol–water partition coefficient (Wildman–Crippen LogP) is 5.00. The molecule has 2 aromatic carbocycles. The van der Waals surface area contributed by atoms with E-state index in [2.05, 4.69) is 25.0 Å². The second-order valence-electron chi connectivity index (χ2n) is 7.18. The van der Waals surface area contributed by atoms with E-state index in [0.717, 1.165) is 18.3 Å². The van der Waals surface area contributed by atoms with Gasteiger partial charge in [0.15, 0.2) is 5.82 Å². The Kier molecular flexibility index (Phi) is 6.14. The summed E-state index contributed by atoms with van der Waals surface area (Å²) in [5, 5.41) is 3.02. The number of aromatic nitrogens is 3. The van der Waals surface area contributed by atoms with E-state index in [1.807, 2.05) is 0 Å². The lowest BCUT2D eigenvalue weighted by Gasteiger charge is -2.14. The van der Waals surface area contributed by atoms with Crippen LogP contribution in [-0.4, -0.2) is 29.1 Å². The summed E-state index contributed by atoms with van der Waals surface area (Å²) in [7, 11) is -3.79. The summed E-state index contributed by atoms with van der Waals surface area (Å²) in [4.78, 5) is 12.1. The molecule has 0 atom stereocenters. The summed E-state index contributed by atoms with van der Waals surface area (Å²) in [5.41, 5.74) is 0.591. The maximum absolute atomic E-state index is 15.1. The number of nitrogens with zero attached hydrogens (tertiary/aromatic N) is 3. The van der Waals surface area contributed by atoms with Crippen molar-refractivity contribution in [3.8, 4) is 11.1 Å². The van der Waals surface area contributed by atoms with Crippen LogP contribution in [0.25, 0.3) is 22.0 Å². The molecule has 2 heterocycles. The minimum atomic E-state index is -3.79. The van der Waals surface area contributed by atoms with Crippen molar-refractivity contribution in [3.05, 3.63) is 72.6 Å². The Bertz CT molecular complexity index is 1450. The lowest BCUT2D eigenvalue weighted by Crippen LogP contribution is -2.17. The number of pyridine rings is 1. The summed E-state index contributed by atoms with van der Waals surface area (Å²) < 4.78 is 69.4. The van der Waals surface area contributed by atoms with Crippen LogP contribution in [0.3, 0.4) is 0 Å². The van der Waals surface area contributed by atoms with Crippen molar-refractivity contribution in [3.63, 3.8) is 0 Å². The van der Waals surface area contributed by atoms with Crippen LogP contribution in [0, 0.1) is 17.5 Å². The SMILES string of the molecule is CCCS(=O)(=O)Nc1ccc(F)c(Nc2ncnc3ccc(-c4cncc(F)c4)cc23)c1F. The number of halogens is 3. The van der Waals surface area contributed by atoms with E-state index < -0.39 is 38.8 Å². The minimum absolute atomic E-state index is 0.0811. The van der Waals surface area contributed by atoms with Crippen LogP contribution in [0.2, 0.25) is 0 Å². The highest BCUT2D eigenvalue weighted by Crippen LogP contribution is 2.32. The molecule has 0 aliphatic heterocycles. The maximum atomic E-state index is 15.1. The van der Waals surface area contributed by atoms with Crippen molar-refractivity contribution >= 4 is 38.1 Å². The highest BCUT2D eigenvalue weighted by Gasteiger charge is 2.19. The quantitative estimate of drug-likeness (QED) is 0.392. The Morgan fingerprint density at radius 1 is 0.970 bits per heavy atom. The lowest BCUT2D eigenvalue weighted by atomic mass is 10.1. The summed E-state index contributed by atoms with van der Waals surface area (Å²) in [6.45, 7) is 1.67. The van der Waals surface area contributed by atoms with E-state index in [0.29, 0.717) is 28.5 Å². The minimum Gasteiger partial charge on any atom is -0.335 e. The Morgan fingerprint density at radius 3 is 2.55 bits per heavy atom. The molecule has 0 saturated carbocycles. The first-order valence-corrected chi connectivity index (χ1v) is 11.5. The number of anilines is 3. The van der Waals surface area contributed by atoms with Gasteiger partial charge in [-0.15, -0.1) is 0 Å². The summed E-state index contributed by atoms with van der Waals surface area (Å²) >= 11 is 0. The Morgan fingerprint density at radius 2 is 1.79 bits per heavy atom. The largest absolute Gasteiger partial charge is 0.335 e. The molecule has 170 valence electrons. The third kappa shape index (κ3) is 4.87. The zero-order chi connectivity index (χ0) is 23.6. The molecule has 0 amide bonds. The monoisotopic (exact) mass is 473 g/mol. The van der Waals surface area contributed by atoms with Gasteiger partial charge in [0.05, 0.1) is 23.2 Å². The lowest BCUT2D eigenvalue weighted by molar-refractivity contribution is 0.588. The molecule has 4 rings (SSSR count). The van der Waals surface area contributed by atoms with Crippen molar-refractivity contribution in [1.29, 1.82) is 0 Å². The van der Waals surface area contributed by atoms with Crippen molar-refractivity contribution in [2.45, 2.75) is 13.3 Å². The molecule has 0 aliphatic carbocycles. The first-order chi connectivity index (χ1) is 15.8. The first kappa shape index (κ1) is 22.5. The smallest absolute Gasteiger partial charge is 0.232 e. The number of hydrogen-bond acceptors (Lipinski definition) is 6. The van der Waals surface area contributed by atoms with Gasteiger partial charge in [-0.2, -0.15) is 0 Å². The zero-order valence-electron chi connectivity index (χ0n) is 17.3. The fraction of sp³-hybridized carbons (Fsp3) is 0.136. The molecule has 0 fully saturated rings. The molecule has 0 bridgehead atoms. The molecule has 11 heteroatoms. The van der Waals surface area contributed by atoms with E-state index in [1.54, 1.807) is 25.1 Å². The molecule has 2 N–H and O–H groups in total. The van der Waals surface area contributed by atoms with Gasteiger partial charge in [0.1, 0.15) is 29.5 Å². The highest BCUT2D eigenvalue weighted by atomic mass is 32.2. The van der Waals surface area contributed by atoms with Crippen molar-refractivity contribution in [1.82, 2.24) is 15.0 Å². The molecule has 0 spiro atoms. The standard InChI is InChI=1S/C22H18F3N5O2S/c1-2-7-33(31,32)30-19-6-4-17(24)21(20(19)25)29-22-16-9-13(3-5-18(16)27-12-28-22)14-8-15(23)11-26-10-14/h3-6,8-12,30H,2,7H2,1H3,(H,27,28,29). The second-order valence-corrected chi connectivity index (χ2v) is 9.02. The predicted molar refractivity (Wildman–Crippen MR) is 120 cm³/mol. The molecule has 0 aliphatic rings. The van der Waals surface area contributed by atoms with Crippen molar-refractivity contribution in [2.75, 3.05) is 15.8 Å². The van der Waals surface area contributed by atoms with E-state index in [1.165, 1.54) is 18.6 Å². The average molecular weight is 473 g/mol. The summed E-state index contributed by atoms with van der Waals surface area (Å²) in [6.07, 6.45) is 4.11. The molecule has 33 heavy (non-hydrogen) atoms. The normalized spacial score (nSPS) is 11.5. The molecule has 7 nitrogen and oxygen atoms in total.